The van der Waals surface area contributed by atoms with E-state index in [1.165, 1.54) is 0 Å². The third-order valence-electron chi connectivity index (χ3n) is 3.89. The normalized spacial score (nSPS) is 14.0. The van der Waals surface area contributed by atoms with Crippen LogP contribution in [0.3, 0.4) is 0 Å². The largest absolute Gasteiger partial charge is 0.337 e. The van der Waals surface area contributed by atoms with Crippen LogP contribution in [0.4, 0.5) is 5.69 Å². The van der Waals surface area contributed by atoms with E-state index < -0.39 is 0 Å². The molecule has 1 aromatic rings. The molecule has 0 spiro atoms. The van der Waals surface area contributed by atoms with Gasteiger partial charge in [0.2, 0.25) is 5.91 Å². The summed E-state index contributed by atoms with van der Waals surface area (Å²) in [5.74, 6) is 2.03. The van der Waals surface area contributed by atoms with E-state index in [4.69, 9.17) is 0 Å². The van der Waals surface area contributed by atoms with Crippen molar-refractivity contribution in [1.29, 1.82) is 0 Å². The van der Waals surface area contributed by atoms with Gasteiger partial charge in [0.05, 0.1) is 0 Å². The van der Waals surface area contributed by atoms with Crippen molar-refractivity contribution in [3.05, 3.63) is 29.3 Å². The van der Waals surface area contributed by atoms with Gasteiger partial charge in [-0.15, -0.1) is 12.4 Å². The third kappa shape index (κ3) is 6.00. The summed E-state index contributed by atoms with van der Waals surface area (Å²) in [7, 11) is 1.87. The third-order valence-corrected chi connectivity index (χ3v) is 4.83. The first-order valence-electron chi connectivity index (χ1n) is 8.04. The Morgan fingerprint density at radius 1 is 1.25 bits per heavy atom. The number of nitrogens with one attached hydrogen (secondary N) is 2. The molecule has 2 N–H and O–H groups in total. The number of rotatable bonds is 6. The molecule has 2 rings (SSSR count). The molecule has 1 aliphatic rings. The van der Waals surface area contributed by atoms with E-state index in [1.54, 1.807) is 6.07 Å². The minimum absolute atomic E-state index is 0. The smallest absolute Gasteiger partial charge is 0.253 e. The molecule has 0 radical (unpaired) electrons. The van der Waals surface area contributed by atoms with Crippen molar-refractivity contribution in [2.24, 2.45) is 0 Å². The monoisotopic (exact) mass is 371 g/mol. The summed E-state index contributed by atoms with van der Waals surface area (Å²) in [6.07, 6.45) is 1.27. The molecule has 24 heavy (non-hydrogen) atoms. The molecule has 1 heterocycles. The molecule has 0 unspecified atom stereocenters. The van der Waals surface area contributed by atoms with Gasteiger partial charge in [-0.1, -0.05) is 6.07 Å². The molecule has 7 heteroatoms. The lowest BCUT2D eigenvalue weighted by molar-refractivity contribution is -0.116. The van der Waals surface area contributed by atoms with Crippen molar-refractivity contribution in [2.75, 3.05) is 43.5 Å². The van der Waals surface area contributed by atoms with Gasteiger partial charge in [0, 0.05) is 42.3 Å². The Hall–Kier alpha value is -1.24. The van der Waals surface area contributed by atoms with Gasteiger partial charge >= 0.3 is 0 Å². The van der Waals surface area contributed by atoms with Gasteiger partial charge < -0.3 is 15.5 Å². The van der Waals surface area contributed by atoms with E-state index in [9.17, 15) is 9.59 Å². The van der Waals surface area contributed by atoms with Gasteiger partial charge in [-0.2, -0.15) is 11.8 Å². The zero-order valence-corrected chi connectivity index (χ0v) is 15.9. The number of benzene rings is 1. The highest BCUT2D eigenvalue weighted by molar-refractivity contribution is 7.99. The van der Waals surface area contributed by atoms with Gasteiger partial charge in [-0.3, -0.25) is 9.59 Å². The van der Waals surface area contributed by atoms with Crippen molar-refractivity contribution < 1.29 is 9.59 Å². The van der Waals surface area contributed by atoms with Crippen molar-refractivity contribution >= 4 is 41.7 Å². The molecule has 5 nitrogen and oxygen atoms in total. The van der Waals surface area contributed by atoms with Gasteiger partial charge in [0.25, 0.3) is 5.91 Å². The molecule has 1 saturated heterocycles. The number of aryl methyl sites for hydroxylation is 1. The van der Waals surface area contributed by atoms with Crippen LogP contribution in [0.1, 0.15) is 28.8 Å². The number of hydrogen-bond acceptors (Lipinski definition) is 4. The maximum Gasteiger partial charge on any atom is 0.253 e. The fraction of sp³-hybridized carbons (Fsp3) is 0.529. The first-order valence-corrected chi connectivity index (χ1v) is 9.19. The van der Waals surface area contributed by atoms with Crippen LogP contribution < -0.4 is 10.6 Å². The van der Waals surface area contributed by atoms with Crippen molar-refractivity contribution in [3.63, 3.8) is 0 Å². The van der Waals surface area contributed by atoms with E-state index in [1.807, 2.05) is 42.8 Å². The predicted molar refractivity (Wildman–Crippen MR) is 103 cm³/mol. The molecule has 134 valence electrons. The predicted octanol–water partition coefficient (Wildman–Crippen LogP) is 2.54. The average Bonchev–Trinajstić information content (AvgIpc) is 2.57. The van der Waals surface area contributed by atoms with Crippen LogP contribution in [0.2, 0.25) is 0 Å². The van der Waals surface area contributed by atoms with Crippen LogP contribution in [0.25, 0.3) is 0 Å². The van der Waals surface area contributed by atoms with Gasteiger partial charge in [0.1, 0.15) is 0 Å². The first kappa shape index (κ1) is 20.8. The van der Waals surface area contributed by atoms with Gasteiger partial charge in [-0.05, 0) is 44.6 Å². The van der Waals surface area contributed by atoms with E-state index in [2.05, 4.69) is 10.6 Å². The van der Waals surface area contributed by atoms with Crippen LogP contribution in [0.5, 0.6) is 0 Å². The van der Waals surface area contributed by atoms with Crippen LogP contribution in [-0.2, 0) is 4.79 Å². The first-order chi connectivity index (χ1) is 11.1. The molecule has 0 saturated carbocycles. The van der Waals surface area contributed by atoms with Crippen molar-refractivity contribution in [2.45, 2.75) is 19.8 Å². The van der Waals surface area contributed by atoms with Crippen LogP contribution in [0.15, 0.2) is 18.2 Å². The number of anilines is 1. The molecular weight excluding hydrogens is 346 g/mol. The molecule has 1 fully saturated rings. The molecule has 0 atom stereocenters. The maximum atomic E-state index is 12.6. The zero-order chi connectivity index (χ0) is 16.7. The molecule has 0 aliphatic carbocycles. The van der Waals surface area contributed by atoms with E-state index >= 15 is 0 Å². The molecular formula is C17H26ClN3O2S. The van der Waals surface area contributed by atoms with Crippen LogP contribution in [-0.4, -0.2) is 54.9 Å². The zero-order valence-electron chi connectivity index (χ0n) is 14.3. The van der Waals surface area contributed by atoms with Crippen molar-refractivity contribution in [3.8, 4) is 0 Å². The molecule has 2 amide bonds. The second-order valence-corrected chi connectivity index (χ2v) is 6.91. The highest BCUT2D eigenvalue weighted by Gasteiger charge is 2.19. The number of hydrogen-bond donors (Lipinski definition) is 2. The van der Waals surface area contributed by atoms with Gasteiger partial charge in [0.15, 0.2) is 0 Å². The fourth-order valence-electron chi connectivity index (χ4n) is 2.48. The number of halogens is 1. The summed E-state index contributed by atoms with van der Waals surface area (Å²) in [6.45, 7) is 4.35. The highest BCUT2D eigenvalue weighted by atomic mass is 35.5. The number of thioether (sulfide) groups is 1. The number of carbonyl (C=O) groups is 2. The van der Waals surface area contributed by atoms with Gasteiger partial charge in [-0.25, -0.2) is 0 Å². The van der Waals surface area contributed by atoms with Crippen LogP contribution >= 0.6 is 24.2 Å². The maximum absolute atomic E-state index is 12.6. The Kier molecular flexibility index (Phi) is 9.18. The van der Waals surface area contributed by atoms with Crippen molar-refractivity contribution in [1.82, 2.24) is 10.2 Å². The Balaban J connectivity index is 0.00000288. The Morgan fingerprint density at radius 3 is 2.62 bits per heavy atom. The minimum atomic E-state index is -0.0117. The lowest BCUT2D eigenvalue weighted by atomic mass is 10.1. The number of nitrogens with zero attached hydrogens (tertiary/aromatic N) is 1. The second kappa shape index (κ2) is 10.6. The number of carbonyl (C=O) groups excluding carboxylic acids is 2. The average molecular weight is 372 g/mol. The molecule has 1 aliphatic heterocycles. The number of amides is 2. The molecule has 0 aromatic heterocycles. The lowest BCUT2D eigenvalue weighted by Gasteiger charge is -2.26. The van der Waals surface area contributed by atoms with E-state index in [0.29, 0.717) is 12.0 Å². The summed E-state index contributed by atoms with van der Waals surface area (Å²) in [5, 5.41) is 5.95. The quantitative estimate of drug-likeness (QED) is 0.754. The summed E-state index contributed by atoms with van der Waals surface area (Å²) < 4.78 is 0. The van der Waals surface area contributed by atoms with Crippen LogP contribution in [0, 0.1) is 6.92 Å². The summed E-state index contributed by atoms with van der Waals surface area (Å²) >= 11 is 1.88. The topological polar surface area (TPSA) is 61.4 Å². The second-order valence-electron chi connectivity index (χ2n) is 5.69. The summed E-state index contributed by atoms with van der Waals surface area (Å²) in [4.78, 5) is 26.4. The SMILES string of the molecule is CNCCCC(=O)Nc1cc(C(=O)N2CCSCC2)ccc1C.Cl. The standard InChI is InChI=1S/C17H25N3O2S.ClH/c1-13-5-6-14(17(22)20-8-10-23-11-9-20)12-15(13)19-16(21)4-3-7-18-2;/h5-6,12,18H,3-4,7-11H2,1-2H3,(H,19,21);1H. The molecule has 1 aromatic carbocycles. The fourth-order valence-corrected chi connectivity index (χ4v) is 3.38. The summed E-state index contributed by atoms with van der Waals surface area (Å²) in [5.41, 5.74) is 2.35. The highest BCUT2D eigenvalue weighted by Crippen LogP contribution is 2.20. The Labute approximate surface area is 154 Å². The summed E-state index contributed by atoms with van der Waals surface area (Å²) in [6, 6.07) is 5.54. The Bertz CT molecular complexity index is 563. The Morgan fingerprint density at radius 2 is 1.96 bits per heavy atom. The van der Waals surface area contributed by atoms with E-state index in [0.717, 1.165) is 48.8 Å². The van der Waals surface area contributed by atoms with E-state index in [-0.39, 0.29) is 24.2 Å². The minimum Gasteiger partial charge on any atom is -0.337 e. The lowest BCUT2D eigenvalue weighted by Crippen LogP contribution is -2.37. The molecule has 0 bridgehead atoms.